The van der Waals surface area contributed by atoms with Gasteiger partial charge in [-0.25, -0.2) is 0 Å². The molecule has 0 heterocycles. The minimum atomic E-state index is 0.382. The Bertz CT molecular complexity index is 2580. The summed E-state index contributed by atoms with van der Waals surface area (Å²) in [4.78, 5) is 0. The zero-order valence-electron chi connectivity index (χ0n) is 34.1. The number of nitriles is 4. The standard InChI is InChI=1S/C58H40N4/c59-37-33-41-1-9-45(10-2-41)49-17-25-53(26-18-49)57(54-27-19-50(20-28-54)46-11-3-42(4-12-46)34-38-60)58(55-29-21-51(22-30-55)47-13-5-43(6-14-47)35-39-61)56-31-23-52(24-32-56)48-15-7-44(8-16-48)36-40-62/h1-32H,33-36H2. The van der Waals surface area contributed by atoms with Gasteiger partial charge in [-0.3, -0.25) is 0 Å². The van der Waals surface area contributed by atoms with E-state index < -0.39 is 0 Å². The highest BCUT2D eigenvalue weighted by Gasteiger charge is 2.18. The third-order valence-corrected chi connectivity index (χ3v) is 11.2. The number of hydrogen-bond acceptors (Lipinski definition) is 4. The van der Waals surface area contributed by atoms with E-state index in [2.05, 4.69) is 170 Å². The van der Waals surface area contributed by atoms with Crippen molar-refractivity contribution in [2.45, 2.75) is 25.7 Å². The molecule has 4 nitrogen and oxygen atoms in total. The molecule has 292 valence electrons. The van der Waals surface area contributed by atoms with Crippen molar-refractivity contribution < 1.29 is 0 Å². The lowest BCUT2D eigenvalue weighted by Gasteiger charge is -2.20. The summed E-state index contributed by atoms with van der Waals surface area (Å²) in [7, 11) is 0. The van der Waals surface area contributed by atoms with Crippen LogP contribution in [0.4, 0.5) is 0 Å². The Balaban J connectivity index is 1.28. The Morgan fingerprint density at radius 2 is 0.371 bits per heavy atom. The molecule has 62 heavy (non-hydrogen) atoms. The van der Waals surface area contributed by atoms with Crippen LogP contribution in [0.3, 0.4) is 0 Å². The van der Waals surface area contributed by atoms with Crippen LogP contribution in [0.2, 0.25) is 0 Å². The van der Waals surface area contributed by atoms with E-state index in [-0.39, 0.29) is 0 Å². The average Bonchev–Trinajstić information content (AvgIpc) is 3.33. The fourth-order valence-corrected chi connectivity index (χ4v) is 7.85. The molecule has 0 radical (unpaired) electrons. The molecule has 0 aliphatic rings. The van der Waals surface area contributed by atoms with Crippen LogP contribution >= 0.6 is 0 Å². The molecular weight excluding hydrogens is 753 g/mol. The van der Waals surface area contributed by atoms with Gasteiger partial charge in [0.1, 0.15) is 0 Å². The summed E-state index contributed by atoms with van der Waals surface area (Å²) in [5.74, 6) is 0. The van der Waals surface area contributed by atoms with Gasteiger partial charge in [0.2, 0.25) is 0 Å². The molecule has 0 unspecified atom stereocenters. The third-order valence-electron chi connectivity index (χ3n) is 11.2. The largest absolute Gasteiger partial charge is 0.198 e. The second-order valence-corrected chi connectivity index (χ2v) is 15.2. The smallest absolute Gasteiger partial charge is 0.0669 e. The number of benzene rings is 8. The first-order valence-corrected chi connectivity index (χ1v) is 20.5. The van der Waals surface area contributed by atoms with E-state index in [1.165, 1.54) is 0 Å². The van der Waals surface area contributed by atoms with Crippen molar-refractivity contribution in [1.82, 2.24) is 0 Å². The highest BCUT2D eigenvalue weighted by molar-refractivity contribution is 6.05. The maximum absolute atomic E-state index is 9.19. The monoisotopic (exact) mass is 792 g/mol. The van der Waals surface area contributed by atoms with Crippen LogP contribution in [0.5, 0.6) is 0 Å². The van der Waals surface area contributed by atoms with E-state index >= 15 is 0 Å². The molecular formula is C58H40N4. The molecule has 0 amide bonds. The SMILES string of the molecule is N#CCc1ccc(-c2ccc(C(=C(c3ccc(-c4ccc(CC#N)cc4)cc3)c3ccc(-c4ccc(CC#N)cc4)cc3)c3ccc(-c4ccc(CC#N)cc4)cc3)cc2)cc1. The quantitative estimate of drug-likeness (QED) is 0.115. The van der Waals surface area contributed by atoms with Gasteiger partial charge in [-0.1, -0.05) is 194 Å². The van der Waals surface area contributed by atoms with Gasteiger partial charge in [0.15, 0.2) is 0 Å². The molecule has 0 aliphatic heterocycles. The van der Waals surface area contributed by atoms with Crippen LogP contribution in [0, 0.1) is 45.3 Å². The second kappa shape index (κ2) is 19.0. The molecule has 8 aromatic carbocycles. The molecule has 0 bridgehead atoms. The zero-order chi connectivity index (χ0) is 42.7. The first-order chi connectivity index (χ1) is 30.5. The topological polar surface area (TPSA) is 95.2 Å². The van der Waals surface area contributed by atoms with E-state index in [9.17, 15) is 21.0 Å². The van der Waals surface area contributed by atoms with Crippen LogP contribution in [0.25, 0.3) is 55.7 Å². The van der Waals surface area contributed by atoms with Crippen LogP contribution in [0.1, 0.15) is 44.5 Å². The molecule has 0 spiro atoms. The van der Waals surface area contributed by atoms with Gasteiger partial charge in [-0.2, -0.15) is 21.0 Å². The second-order valence-electron chi connectivity index (χ2n) is 15.2. The summed E-state index contributed by atoms with van der Waals surface area (Å²) < 4.78 is 0. The fraction of sp³-hybridized carbons (Fsp3) is 0.0690. The van der Waals surface area contributed by atoms with E-state index in [1.54, 1.807) is 0 Å². The molecule has 8 aromatic rings. The van der Waals surface area contributed by atoms with E-state index in [0.29, 0.717) is 25.7 Å². The van der Waals surface area contributed by atoms with Crippen LogP contribution in [-0.2, 0) is 25.7 Å². The lowest BCUT2D eigenvalue weighted by Crippen LogP contribution is -1.98. The van der Waals surface area contributed by atoms with Gasteiger partial charge in [-0.15, -0.1) is 0 Å². The maximum atomic E-state index is 9.19. The van der Waals surface area contributed by atoms with E-state index in [0.717, 1.165) is 100 Å². The zero-order valence-corrected chi connectivity index (χ0v) is 34.1. The van der Waals surface area contributed by atoms with Crippen molar-refractivity contribution in [3.05, 3.63) is 239 Å². The summed E-state index contributed by atoms with van der Waals surface area (Å²) in [5, 5.41) is 36.8. The molecule has 0 saturated carbocycles. The average molecular weight is 793 g/mol. The Hall–Kier alpha value is -8.54. The first-order valence-electron chi connectivity index (χ1n) is 20.5. The summed E-state index contributed by atoms with van der Waals surface area (Å²) in [6.07, 6.45) is 1.53. The van der Waals surface area contributed by atoms with Gasteiger partial charge in [0.05, 0.1) is 50.0 Å². The van der Waals surface area contributed by atoms with Crippen molar-refractivity contribution in [1.29, 1.82) is 21.0 Å². The predicted octanol–water partition coefficient (Wildman–Crippen LogP) is 13.6. The molecule has 0 fully saturated rings. The lowest BCUT2D eigenvalue weighted by atomic mass is 9.84. The summed E-state index contributed by atoms with van der Waals surface area (Å²) >= 11 is 0. The molecule has 8 rings (SSSR count). The Morgan fingerprint density at radius 3 is 0.516 bits per heavy atom. The number of hydrogen-bond donors (Lipinski definition) is 0. The van der Waals surface area contributed by atoms with Gasteiger partial charge in [0, 0.05) is 0 Å². The minimum Gasteiger partial charge on any atom is -0.198 e. The number of rotatable bonds is 12. The highest BCUT2D eigenvalue weighted by Crippen LogP contribution is 2.40. The van der Waals surface area contributed by atoms with E-state index in [4.69, 9.17) is 0 Å². The highest BCUT2D eigenvalue weighted by atomic mass is 14.3. The fourth-order valence-electron chi connectivity index (χ4n) is 7.85. The van der Waals surface area contributed by atoms with Crippen LogP contribution < -0.4 is 0 Å². The normalized spacial score (nSPS) is 10.5. The molecule has 0 aromatic heterocycles. The molecule has 4 heteroatoms. The van der Waals surface area contributed by atoms with Crippen molar-refractivity contribution in [3.8, 4) is 68.8 Å². The van der Waals surface area contributed by atoms with Crippen molar-refractivity contribution in [2.24, 2.45) is 0 Å². The van der Waals surface area contributed by atoms with Gasteiger partial charge < -0.3 is 0 Å². The van der Waals surface area contributed by atoms with Gasteiger partial charge in [0.25, 0.3) is 0 Å². The lowest BCUT2D eigenvalue weighted by molar-refractivity contribution is 1.26. The van der Waals surface area contributed by atoms with Gasteiger partial charge >= 0.3 is 0 Å². The minimum absolute atomic E-state index is 0.382. The van der Waals surface area contributed by atoms with Crippen molar-refractivity contribution >= 4 is 11.1 Å². The predicted molar refractivity (Wildman–Crippen MR) is 250 cm³/mol. The molecule has 0 N–H and O–H groups in total. The van der Waals surface area contributed by atoms with E-state index in [1.807, 2.05) is 48.5 Å². The van der Waals surface area contributed by atoms with Crippen molar-refractivity contribution in [3.63, 3.8) is 0 Å². The molecule has 0 aliphatic carbocycles. The Kier molecular flexibility index (Phi) is 12.3. The number of nitrogens with zero attached hydrogens (tertiary/aromatic N) is 4. The van der Waals surface area contributed by atoms with Crippen LogP contribution in [0.15, 0.2) is 194 Å². The summed E-state index contributed by atoms with van der Waals surface area (Å²) in [6, 6.07) is 76.6. The molecule has 0 saturated heterocycles. The first kappa shape index (κ1) is 40.2. The Morgan fingerprint density at radius 1 is 0.226 bits per heavy atom. The van der Waals surface area contributed by atoms with Gasteiger partial charge in [-0.05, 0) is 100 Å². The third kappa shape index (κ3) is 9.18. The summed E-state index contributed by atoms with van der Waals surface area (Å²) in [5.41, 5.74) is 19.1. The summed E-state index contributed by atoms with van der Waals surface area (Å²) in [6.45, 7) is 0. The Labute approximate surface area is 363 Å². The van der Waals surface area contributed by atoms with Crippen LogP contribution in [-0.4, -0.2) is 0 Å². The maximum Gasteiger partial charge on any atom is 0.0669 e. The molecule has 0 atom stereocenters. The van der Waals surface area contributed by atoms with Crippen molar-refractivity contribution in [2.75, 3.05) is 0 Å².